The average Bonchev–Trinajstić information content (AvgIpc) is 3.15. The predicted octanol–water partition coefficient (Wildman–Crippen LogP) is 3.24. The number of hydrogen-bond acceptors (Lipinski definition) is 5. The number of amides is 1. The molecule has 0 aliphatic carbocycles. The molecular formula is C18H16ClN3O3S. The van der Waals surface area contributed by atoms with Crippen LogP contribution >= 0.6 is 23.4 Å². The van der Waals surface area contributed by atoms with Crippen molar-refractivity contribution in [3.8, 4) is 0 Å². The molecule has 0 saturated heterocycles. The zero-order chi connectivity index (χ0) is 18.5. The molecule has 0 atom stereocenters. The van der Waals surface area contributed by atoms with Crippen molar-refractivity contribution in [3.63, 3.8) is 0 Å². The highest BCUT2D eigenvalue weighted by Gasteiger charge is 2.13. The van der Waals surface area contributed by atoms with Crippen LogP contribution in [0.1, 0.15) is 5.76 Å². The van der Waals surface area contributed by atoms with E-state index in [2.05, 4.69) is 16.9 Å². The van der Waals surface area contributed by atoms with Crippen LogP contribution in [0.5, 0.6) is 0 Å². The van der Waals surface area contributed by atoms with E-state index in [0.29, 0.717) is 39.9 Å². The molecule has 1 aromatic carbocycles. The third-order valence-corrected chi connectivity index (χ3v) is 4.78. The number of hydrogen-bond donors (Lipinski definition) is 1. The zero-order valence-corrected chi connectivity index (χ0v) is 15.3. The lowest BCUT2D eigenvalue weighted by Crippen LogP contribution is -2.26. The molecule has 0 saturated carbocycles. The molecule has 2 heterocycles. The number of aromatic nitrogens is 2. The molecule has 0 aliphatic heterocycles. The number of nitrogens with one attached hydrogen (secondary N) is 1. The van der Waals surface area contributed by atoms with Gasteiger partial charge >= 0.3 is 0 Å². The molecular weight excluding hydrogens is 374 g/mol. The molecule has 0 spiro atoms. The molecule has 8 heteroatoms. The second-order valence-corrected chi connectivity index (χ2v) is 6.78. The van der Waals surface area contributed by atoms with Crippen LogP contribution in [0.15, 0.2) is 63.6 Å². The van der Waals surface area contributed by atoms with Crippen molar-refractivity contribution in [1.29, 1.82) is 0 Å². The Kier molecular flexibility index (Phi) is 5.80. The molecule has 6 nitrogen and oxygen atoms in total. The predicted molar refractivity (Wildman–Crippen MR) is 102 cm³/mol. The number of rotatable bonds is 7. The quantitative estimate of drug-likeness (QED) is 0.381. The van der Waals surface area contributed by atoms with Crippen LogP contribution in [0.3, 0.4) is 0 Å². The van der Waals surface area contributed by atoms with Gasteiger partial charge < -0.3 is 9.73 Å². The Morgan fingerprint density at radius 2 is 2.27 bits per heavy atom. The van der Waals surface area contributed by atoms with Gasteiger partial charge in [-0.1, -0.05) is 29.4 Å². The summed E-state index contributed by atoms with van der Waals surface area (Å²) < 4.78 is 6.65. The summed E-state index contributed by atoms with van der Waals surface area (Å²) >= 11 is 7.17. The molecule has 134 valence electrons. The minimum atomic E-state index is -0.212. The van der Waals surface area contributed by atoms with Crippen LogP contribution in [-0.4, -0.2) is 21.2 Å². The van der Waals surface area contributed by atoms with Crippen molar-refractivity contribution in [2.45, 2.75) is 18.2 Å². The maximum atomic E-state index is 12.7. The number of halogens is 1. The van der Waals surface area contributed by atoms with E-state index < -0.39 is 0 Å². The van der Waals surface area contributed by atoms with Gasteiger partial charge in [0.2, 0.25) is 5.91 Å². The van der Waals surface area contributed by atoms with Gasteiger partial charge in [-0.25, -0.2) is 4.98 Å². The van der Waals surface area contributed by atoms with Crippen LogP contribution in [0.2, 0.25) is 5.02 Å². The summed E-state index contributed by atoms with van der Waals surface area (Å²) in [6, 6.07) is 8.51. The third kappa shape index (κ3) is 4.17. The molecule has 3 rings (SSSR count). The Morgan fingerprint density at radius 3 is 3.00 bits per heavy atom. The average molecular weight is 390 g/mol. The van der Waals surface area contributed by atoms with Gasteiger partial charge in [-0.2, -0.15) is 0 Å². The minimum Gasteiger partial charge on any atom is -0.467 e. The van der Waals surface area contributed by atoms with Crippen molar-refractivity contribution < 1.29 is 9.21 Å². The number of benzene rings is 1. The van der Waals surface area contributed by atoms with Crippen molar-refractivity contribution in [1.82, 2.24) is 14.9 Å². The molecule has 2 aromatic heterocycles. The second-order valence-electron chi connectivity index (χ2n) is 5.41. The van der Waals surface area contributed by atoms with E-state index in [-0.39, 0.29) is 17.2 Å². The highest BCUT2D eigenvalue weighted by atomic mass is 35.5. The van der Waals surface area contributed by atoms with Gasteiger partial charge in [0.1, 0.15) is 5.76 Å². The van der Waals surface area contributed by atoms with E-state index in [9.17, 15) is 9.59 Å². The molecule has 1 amide bonds. The summed E-state index contributed by atoms with van der Waals surface area (Å²) in [5.74, 6) is 0.623. The summed E-state index contributed by atoms with van der Waals surface area (Å²) in [5.41, 5.74) is 0.328. The topological polar surface area (TPSA) is 77.1 Å². The van der Waals surface area contributed by atoms with Crippen LogP contribution in [0.4, 0.5) is 0 Å². The van der Waals surface area contributed by atoms with Crippen molar-refractivity contribution in [2.24, 2.45) is 0 Å². The first-order chi connectivity index (χ1) is 12.6. The lowest BCUT2D eigenvalue weighted by molar-refractivity contribution is -0.118. The maximum absolute atomic E-state index is 12.7. The molecule has 1 N–H and O–H groups in total. The first kappa shape index (κ1) is 18.3. The number of allylic oxidation sites excluding steroid dienone is 1. The summed E-state index contributed by atoms with van der Waals surface area (Å²) in [6.07, 6.45) is 3.16. The molecule has 26 heavy (non-hydrogen) atoms. The van der Waals surface area contributed by atoms with Gasteiger partial charge in [0.15, 0.2) is 5.16 Å². The minimum absolute atomic E-state index is 0.128. The second kappa shape index (κ2) is 8.25. The number of carbonyl (C=O) groups is 1. The summed E-state index contributed by atoms with van der Waals surface area (Å²) in [4.78, 5) is 29.3. The molecule has 3 aromatic rings. The van der Waals surface area contributed by atoms with Gasteiger partial charge in [-0.15, -0.1) is 6.58 Å². The van der Waals surface area contributed by atoms with Crippen LogP contribution in [0.25, 0.3) is 10.9 Å². The smallest absolute Gasteiger partial charge is 0.262 e. The van der Waals surface area contributed by atoms with Crippen LogP contribution in [-0.2, 0) is 17.9 Å². The lowest BCUT2D eigenvalue weighted by atomic mass is 10.2. The lowest BCUT2D eigenvalue weighted by Gasteiger charge is -2.11. The van der Waals surface area contributed by atoms with E-state index >= 15 is 0 Å². The number of furan rings is 1. The normalized spacial score (nSPS) is 10.8. The Bertz CT molecular complexity index is 999. The Hall–Kier alpha value is -2.51. The summed E-state index contributed by atoms with van der Waals surface area (Å²) in [7, 11) is 0. The fourth-order valence-electron chi connectivity index (χ4n) is 2.35. The zero-order valence-electron chi connectivity index (χ0n) is 13.8. The van der Waals surface area contributed by atoms with E-state index in [1.54, 1.807) is 42.7 Å². The van der Waals surface area contributed by atoms with Crippen LogP contribution < -0.4 is 10.9 Å². The van der Waals surface area contributed by atoms with E-state index in [1.807, 2.05) is 0 Å². The van der Waals surface area contributed by atoms with Gasteiger partial charge in [-0.3, -0.25) is 14.2 Å². The fourth-order valence-corrected chi connectivity index (χ4v) is 3.36. The van der Waals surface area contributed by atoms with E-state index in [0.717, 1.165) is 0 Å². The maximum Gasteiger partial charge on any atom is 0.262 e. The van der Waals surface area contributed by atoms with Gasteiger partial charge in [0.05, 0.1) is 29.5 Å². The van der Waals surface area contributed by atoms with Gasteiger partial charge in [-0.05, 0) is 30.3 Å². The molecule has 0 bridgehead atoms. The van der Waals surface area contributed by atoms with Crippen LogP contribution in [0, 0.1) is 0 Å². The number of carbonyl (C=O) groups excluding carboxylic acids is 1. The Morgan fingerprint density at radius 1 is 1.42 bits per heavy atom. The molecule has 0 unspecified atom stereocenters. The largest absolute Gasteiger partial charge is 0.467 e. The van der Waals surface area contributed by atoms with Crippen molar-refractivity contribution in [2.75, 3.05) is 5.75 Å². The molecule has 0 fully saturated rings. The van der Waals surface area contributed by atoms with Gasteiger partial charge in [0, 0.05) is 11.6 Å². The van der Waals surface area contributed by atoms with Gasteiger partial charge in [0.25, 0.3) is 5.56 Å². The highest BCUT2D eigenvalue weighted by Crippen LogP contribution is 2.20. The summed E-state index contributed by atoms with van der Waals surface area (Å²) in [6.45, 7) is 4.29. The van der Waals surface area contributed by atoms with Crippen molar-refractivity contribution >= 4 is 40.2 Å². The Balaban J connectivity index is 1.78. The summed E-state index contributed by atoms with van der Waals surface area (Å²) in [5, 5.41) is 4.12. The molecule has 0 radical (unpaired) electrons. The first-order valence-electron chi connectivity index (χ1n) is 7.81. The Labute approximate surface area is 158 Å². The third-order valence-electron chi connectivity index (χ3n) is 3.57. The van der Waals surface area contributed by atoms with Crippen molar-refractivity contribution in [3.05, 3.63) is 70.4 Å². The number of fused-ring (bicyclic) bond motifs is 1. The fraction of sp³-hybridized carbons (Fsp3) is 0.167. The number of thioether (sulfide) groups is 1. The monoisotopic (exact) mass is 389 g/mol. The first-order valence-corrected chi connectivity index (χ1v) is 9.17. The highest BCUT2D eigenvalue weighted by molar-refractivity contribution is 7.99. The SMILES string of the molecule is C=CCn1c(SCC(=O)NCc2ccco2)nc2ccc(Cl)cc2c1=O. The van der Waals surface area contributed by atoms with E-state index in [4.69, 9.17) is 16.0 Å². The standard InChI is InChI=1S/C18H16ClN3O3S/c1-2-7-22-17(24)14-9-12(19)5-6-15(14)21-18(22)26-11-16(23)20-10-13-4-3-8-25-13/h2-6,8-9H,1,7,10-11H2,(H,20,23). The number of nitrogens with zero attached hydrogens (tertiary/aromatic N) is 2. The van der Waals surface area contributed by atoms with E-state index in [1.165, 1.54) is 16.3 Å². The molecule has 0 aliphatic rings.